The van der Waals surface area contributed by atoms with Crippen molar-refractivity contribution in [3.05, 3.63) is 24.5 Å². The van der Waals surface area contributed by atoms with Crippen LogP contribution in [-0.2, 0) is 6.54 Å². The highest BCUT2D eigenvalue weighted by Gasteiger charge is 2.25. The fourth-order valence-electron chi connectivity index (χ4n) is 2.92. The molecule has 0 amide bonds. The number of hydrogen-bond acceptors (Lipinski definition) is 6. The largest absolute Gasteiger partial charge is 0.478 e. The topological polar surface area (TPSA) is 69.0 Å². The highest BCUT2D eigenvalue weighted by atomic mass is 16.5. The lowest BCUT2D eigenvalue weighted by molar-refractivity contribution is 0.326. The Balaban J connectivity index is 1.65. The molecule has 1 saturated heterocycles. The lowest BCUT2D eigenvalue weighted by Crippen LogP contribution is -2.34. The number of piperidine rings is 1. The molecule has 22 heavy (non-hydrogen) atoms. The maximum atomic E-state index is 5.45. The first kappa shape index (κ1) is 14.7. The lowest BCUT2D eigenvalue weighted by Gasteiger charge is -2.32. The second-order valence-electron chi connectivity index (χ2n) is 5.38. The van der Waals surface area contributed by atoms with Crippen LogP contribution in [0.1, 0.15) is 38.4 Å². The summed E-state index contributed by atoms with van der Waals surface area (Å²) in [5.74, 6) is 3.17. The summed E-state index contributed by atoms with van der Waals surface area (Å²) in [6, 6.07) is 1.92. The first-order valence-corrected chi connectivity index (χ1v) is 7.89. The van der Waals surface area contributed by atoms with Crippen molar-refractivity contribution in [1.29, 1.82) is 0 Å². The summed E-state index contributed by atoms with van der Waals surface area (Å²) in [6.07, 6.45) is 5.51. The van der Waals surface area contributed by atoms with Gasteiger partial charge in [0.1, 0.15) is 24.3 Å². The molecular weight excluding hydrogens is 280 g/mol. The van der Waals surface area contributed by atoms with Gasteiger partial charge in [-0.1, -0.05) is 0 Å². The van der Waals surface area contributed by atoms with Crippen LogP contribution in [-0.4, -0.2) is 44.4 Å². The van der Waals surface area contributed by atoms with Crippen molar-refractivity contribution >= 4 is 5.82 Å². The van der Waals surface area contributed by atoms with Gasteiger partial charge in [-0.3, -0.25) is 0 Å². The second kappa shape index (κ2) is 6.72. The van der Waals surface area contributed by atoms with Crippen molar-refractivity contribution in [2.75, 3.05) is 24.6 Å². The van der Waals surface area contributed by atoms with Crippen molar-refractivity contribution in [2.24, 2.45) is 0 Å². The molecule has 3 rings (SSSR count). The predicted molar refractivity (Wildman–Crippen MR) is 83.1 cm³/mol. The van der Waals surface area contributed by atoms with Crippen LogP contribution in [0.2, 0.25) is 0 Å². The molecule has 7 nitrogen and oxygen atoms in total. The normalized spacial score (nSPS) is 16.0. The predicted octanol–water partition coefficient (Wildman–Crippen LogP) is 1.87. The summed E-state index contributed by atoms with van der Waals surface area (Å²) in [5, 5.41) is 8.34. The Labute approximate surface area is 130 Å². The Hall–Kier alpha value is -2.18. The zero-order valence-electron chi connectivity index (χ0n) is 13.1. The minimum atomic E-state index is 0.479. The van der Waals surface area contributed by atoms with Gasteiger partial charge in [0.25, 0.3) is 0 Å². The third kappa shape index (κ3) is 3.03. The summed E-state index contributed by atoms with van der Waals surface area (Å²) in [4.78, 5) is 10.8. The number of ether oxygens (including phenoxy) is 1. The van der Waals surface area contributed by atoms with E-state index in [-0.39, 0.29) is 0 Å². The fourth-order valence-corrected chi connectivity index (χ4v) is 2.92. The standard InChI is InChI=1S/C15H22N6O/c1-3-20-11-18-19-15(20)12-5-7-21(8-6-12)13-9-14(22-4-2)17-10-16-13/h9-12H,3-8H2,1-2H3. The Morgan fingerprint density at radius 3 is 2.77 bits per heavy atom. The van der Waals surface area contributed by atoms with E-state index in [9.17, 15) is 0 Å². The van der Waals surface area contributed by atoms with Gasteiger partial charge in [-0.2, -0.15) is 0 Å². The molecule has 1 fully saturated rings. The molecule has 7 heteroatoms. The Morgan fingerprint density at radius 1 is 1.23 bits per heavy atom. The summed E-state index contributed by atoms with van der Waals surface area (Å²) in [6.45, 7) is 7.54. The molecule has 0 aromatic carbocycles. The average molecular weight is 302 g/mol. The van der Waals surface area contributed by atoms with Crippen molar-refractivity contribution in [1.82, 2.24) is 24.7 Å². The summed E-state index contributed by atoms with van der Waals surface area (Å²) in [7, 11) is 0. The van der Waals surface area contributed by atoms with Crippen molar-refractivity contribution in [3.8, 4) is 5.88 Å². The van der Waals surface area contributed by atoms with Gasteiger partial charge < -0.3 is 14.2 Å². The molecule has 118 valence electrons. The van der Waals surface area contributed by atoms with Crippen LogP contribution < -0.4 is 9.64 Å². The molecule has 0 aliphatic carbocycles. The smallest absolute Gasteiger partial charge is 0.218 e. The van der Waals surface area contributed by atoms with E-state index in [4.69, 9.17) is 4.74 Å². The number of rotatable bonds is 5. The SMILES string of the molecule is CCOc1cc(N2CCC(c3nncn3CC)CC2)ncn1. The van der Waals surface area contributed by atoms with Crippen LogP contribution in [0.15, 0.2) is 18.7 Å². The molecule has 0 N–H and O–H groups in total. The molecule has 2 aromatic rings. The maximum Gasteiger partial charge on any atom is 0.218 e. The highest BCUT2D eigenvalue weighted by molar-refractivity contribution is 5.41. The Bertz CT molecular complexity index is 606. The van der Waals surface area contributed by atoms with Gasteiger partial charge in [-0.25, -0.2) is 9.97 Å². The minimum Gasteiger partial charge on any atom is -0.478 e. The fraction of sp³-hybridized carbons (Fsp3) is 0.600. The molecule has 0 unspecified atom stereocenters. The van der Waals surface area contributed by atoms with Gasteiger partial charge >= 0.3 is 0 Å². The van der Waals surface area contributed by atoms with Crippen molar-refractivity contribution in [3.63, 3.8) is 0 Å². The van der Waals surface area contributed by atoms with E-state index in [1.165, 1.54) is 0 Å². The van der Waals surface area contributed by atoms with E-state index in [1.54, 1.807) is 6.33 Å². The summed E-state index contributed by atoms with van der Waals surface area (Å²) in [5.41, 5.74) is 0. The zero-order chi connectivity index (χ0) is 15.4. The van der Waals surface area contributed by atoms with Gasteiger partial charge in [0, 0.05) is 31.6 Å². The van der Waals surface area contributed by atoms with Gasteiger partial charge in [-0.15, -0.1) is 10.2 Å². The van der Waals surface area contributed by atoms with E-state index >= 15 is 0 Å². The van der Waals surface area contributed by atoms with Gasteiger partial charge in [-0.05, 0) is 26.7 Å². The van der Waals surface area contributed by atoms with E-state index in [2.05, 4.69) is 36.6 Å². The maximum absolute atomic E-state index is 5.45. The van der Waals surface area contributed by atoms with Crippen molar-refractivity contribution in [2.45, 2.75) is 39.2 Å². The molecular formula is C15H22N6O. The molecule has 3 heterocycles. The molecule has 0 atom stereocenters. The van der Waals surface area contributed by atoms with Crippen LogP contribution in [0.3, 0.4) is 0 Å². The molecule has 2 aromatic heterocycles. The van der Waals surface area contributed by atoms with Crippen LogP contribution in [0, 0.1) is 0 Å². The lowest BCUT2D eigenvalue weighted by atomic mass is 9.96. The molecule has 1 aliphatic rings. The molecule has 1 aliphatic heterocycles. The first-order chi connectivity index (χ1) is 10.8. The van der Waals surface area contributed by atoms with Gasteiger partial charge in [0.05, 0.1) is 6.61 Å². The van der Waals surface area contributed by atoms with Crippen LogP contribution in [0.25, 0.3) is 0 Å². The third-order valence-corrected chi connectivity index (χ3v) is 4.09. The quantitative estimate of drug-likeness (QED) is 0.840. The van der Waals surface area contributed by atoms with Gasteiger partial charge in [0.15, 0.2) is 0 Å². The van der Waals surface area contributed by atoms with Gasteiger partial charge in [0.2, 0.25) is 5.88 Å². The molecule has 0 radical (unpaired) electrons. The highest BCUT2D eigenvalue weighted by Crippen LogP contribution is 2.29. The number of nitrogens with zero attached hydrogens (tertiary/aromatic N) is 6. The van der Waals surface area contributed by atoms with E-state index in [0.29, 0.717) is 18.4 Å². The summed E-state index contributed by atoms with van der Waals surface area (Å²) < 4.78 is 7.59. The average Bonchev–Trinajstić information content (AvgIpc) is 3.04. The first-order valence-electron chi connectivity index (χ1n) is 7.89. The number of anilines is 1. The van der Waals surface area contributed by atoms with E-state index in [1.807, 2.05) is 19.3 Å². The molecule has 0 spiro atoms. The number of aromatic nitrogens is 5. The minimum absolute atomic E-state index is 0.479. The summed E-state index contributed by atoms with van der Waals surface area (Å²) >= 11 is 0. The monoisotopic (exact) mass is 302 g/mol. The second-order valence-corrected chi connectivity index (χ2v) is 5.38. The molecule has 0 bridgehead atoms. The van der Waals surface area contributed by atoms with Crippen LogP contribution in [0.5, 0.6) is 5.88 Å². The van der Waals surface area contributed by atoms with E-state index < -0.39 is 0 Å². The number of hydrogen-bond donors (Lipinski definition) is 0. The number of aryl methyl sites for hydroxylation is 1. The van der Waals surface area contributed by atoms with Crippen molar-refractivity contribution < 1.29 is 4.74 Å². The Morgan fingerprint density at radius 2 is 2.05 bits per heavy atom. The third-order valence-electron chi connectivity index (χ3n) is 4.09. The van der Waals surface area contributed by atoms with Crippen LogP contribution >= 0.6 is 0 Å². The van der Waals surface area contributed by atoms with Crippen LogP contribution in [0.4, 0.5) is 5.82 Å². The molecule has 0 saturated carbocycles. The zero-order valence-corrected chi connectivity index (χ0v) is 13.1. The Kier molecular flexibility index (Phi) is 4.50. The van der Waals surface area contributed by atoms with E-state index in [0.717, 1.165) is 44.1 Å².